The summed E-state index contributed by atoms with van der Waals surface area (Å²) in [5, 5.41) is 4.43. The second-order valence-corrected chi connectivity index (χ2v) is 5.40. The van der Waals surface area contributed by atoms with E-state index in [1.165, 1.54) is 0 Å². The summed E-state index contributed by atoms with van der Waals surface area (Å²) in [5.41, 5.74) is 7.17. The first-order chi connectivity index (χ1) is 11.2. The minimum absolute atomic E-state index is 0.177. The van der Waals surface area contributed by atoms with Crippen LogP contribution in [0, 0.1) is 0 Å². The Bertz CT molecular complexity index is 829. The number of hydrogen-bond donors (Lipinski definition) is 3. The fourth-order valence-corrected chi connectivity index (χ4v) is 2.45. The average Bonchev–Trinajstić information content (AvgIpc) is 2.97. The Morgan fingerprint density at radius 1 is 0.957 bits per heavy atom. The third kappa shape index (κ3) is 3.87. The van der Waals surface area contributed by atoms with Crippen LogP contribution in [0.3, 0.4) is 0 Å². The Morgan fingerprint density at radius 2 is 1.70 bits per heavy atom. The smallest absolute Gasteiger partial charge is 0.258 e. The van der Waals surface area contributed by atoms with Gasteiger partial charge in [-0.1, -0.05) is 36.4 Å². The van der Waals surface area contributed by atoms with E-state index < -0.39 is 0 Å². The van der Waals surface area contributed by atoms with Gasteiger partial charge >= 0.3 is 0 Å². The molecule has 0 aliphatic heterocycles. The second-order valence-electron chi connectivity index (χ2n) is 5.00. The molecule has 116 valence electrons. The number of thiocarbonyl (C=S) groups is 1. The van der Waals surface area contributed by atoms with Crippen LogP contribution in [0.1, 0.15) is 0 Å². The molecule has 0 bridgehead atoms. The lowest BCUT2D eigenvalue weighted by Gasteiger charge is -2.12. The Morgan fingerprint density at radius 3 is 2.52 bits per heavy atom. The molecule has 3 aromatic rings. The van der Waals surface area contributed by atoms with Crippen molar-refractivity contribution in [1.29, 1.82) is 0 Å². The lowest BCUT2D eigenvalue weighted by molar-refractivity contribution is -0.122. The third-order valence-corrected chi connectivity index (χ3v) is 3.55. The number of anilines is 1. The Hall–Kier alpha value is -2.86. The summed E-state index contributed by atoms with van der Waals surface area (Å²) < 4.78 is 1.89. The summed E-state index contributed by atoms with van der Waals surface area (Å²) in [6.07, 6.45) is 1.89. The van der Waals surface area contributed by atoms with Crippen LogP contribution in [0.4, 0.5) is 5.69 Å². The maximum Gasteiger partial charge on any atom is 0.258 e. The number of para-hydroxylation sites is 2. The van der Waals surface area contributed by atoms with Crippen molar-refractivity contribution in [2.75, 3.05) is 5.32 Å². The number of carbonyl (C=O) groups excluding carboxylic acids is 1. The Balaban J connectivity index is 1.52. The third-order valence-electron chi connectivity index (χ3n) is 3.34. The minimum Gasteiger partial charge on any atom is -0.338 e. The van der Waals surface area contributed by atoms with Crippen LogP contribution in [-0.2, 0) is 11.3 Å². The molecule has 0 aliphatic rings. The molecule has 0 radical (unpaired) electrons. The summed E-state index contributed by atoms with van der Waals surface area (Å²) >= 11 is 5.14. The van der Waals surface area contributed by atoms with Gasteiger partial charge in [-0.25, -0.2) is 0 Å². The van der Waals surface area contributed by atoms with Gasteiger partial charge in [-0.05, 0) is 41.9 Å². The van der Waals surface area contributed by atoms with E-state index in [4.69, 9.17) is 12.2 Å². The van der Waals surface area contributed by atoms with Gasteiger partial charge < -0.3 is 9.88 Å². The molecule has 23 heavy (non-hydrogen) atoms. The molecule has 0 unspecified atom stereocenters. The van der Waals surface area contributed by atoms with Crippen molar-refractivity contribution in [3.05, 3.63) is 66.9 Å². The molecule has 0 saturated heterocycles. The predicted molar refractivity (Wildman–Crippen MR) is 95.9 cm³/mol. The normalized spacial score (nSPS) is 10.3. The van der Waals surface area contributed by atoms with Crippen molar-refractivity contribution in [2.45, 2.75) is 6.54 Å². The van der Waals surface area contributed by atoms with Crippen molar-refractivity contribution in [2.24, 2.45) is 0 Å². The number of aromatic nitrogens is 1. The average molecular weight is 324 g/mol. The van der Waals surface area contributed by atoms with Crippen molar-refractivity contribution in [3.63, 3.8) is 0 Å². The van der Waals surface area contributed by atoms with Gasteiger partial charge in [-0.2, -0.15) is 0 Å². The lowest BCUT2D eigenvalue weighted by atomic mass is 10.2. The largest absolute Gasteiger partial charge is 0.338 e. The van der Waals surface area contributed by atoms with E-state index in [9.17, 15) is 4.79 Å². The molecule has 0 saturated carbocycles. The number of rotatable bonds is 3. The highest BCUT2D eigenvalue weighted by molar-refractivity contribution is 7.80. The van der Waals surface area contributed by atoms with Crippen molar-refractivity contribution in [1.82, 2.24) is 15.4 Å². The van der Waals surface area contributed by atoms with E-state index in [-0.39, 0.29) is 12.5 Å². The molecule has 0 fully saturated rings. The summed E-state index contributed by atoms with van der Waals surface area (Å²) in [6, 6.07) is 19.4. The molecular formula is C17H16N4OS. The molecule has 2 aromatic carbocycles. The van der Waals surface area contributed by atoms with E-state index in [1.807, 2.05) is 71.4 Å². The van der Waals surface area contributed by atoms with Gasteiger partial charge in [-0.15, -0.1) is 0 Å². The van der Waals surface area contributed by atoms with E-state index in [0.29, 0.717) is 5.11 Å². The zero-order chi connectivity index (χ0) is 16.1. The van der Waals surface area contributed by atoms with Gasteiger partial charge in [0.25, 0.3) is 5.91 Å². The fraction of sp³-hybridized carbons (Fsp3) is 0.0588. The molecule has 0 aliphatic carbocycles. The highest BCUT2D eigenvalue weighted by Gasteiger charge is 2.06. The highest BCUT2D eigenvalue weighted by atomic mass is 32.1. The van der Waals surface area contributed by atoms with Crippen LogP contribution in [0.25, 0.3) is 10.9 Å². The quantitative estimate of drug-likeness (QED) is 0.512. The maximum atomic E-state index is 12.0. The summed E-state index contributed by atoms with van der Waals surface area (Å²) in [5.74, 6) is -0.177. The molecule has 1 aromatic heterocycles. The molecule has 1 heterocycles. The summed E-state index contributed by atoms with van der Waals surface area (Å²) in [7, 11) is 0. The van der Waals surface area contributed by atoms with Gasteiger partial charge in [-0.3, -0.25) is 15.6 Å². The van der Waals surface area contributed by atoms with E-state index >= 15 is 0 Å². The van der Waals surface area contributed by atoms with Gasteiger partial charge in [0.2, 0.25) is 0 Å². The zero-order valence-corrected chi connectivity index (χ0v) is 13.1. The van der Waals surface area contributed by atoms with Crippen LogP contribution in [0.2, 0.25) is 0 Å². The van der Waals surface area contributed by atoms with Crippen molar-refractivity contribution in [3.8, 4) is 0 Å². The molecular weight excluding hydrogens is 308 g/mol. The number of amides is 1. The summed E-state index contributed by atoms with van der Waals surface area (Å²) in [4.78, 5) is 12.0. The van der Waals surface area contributed by atoms with Crippen LogP contribution in [0.5, 0.6) is 0 Å². The molecule has 0 atom stereocenters. The Kier molecular flexibility index (Phi) is 4.54. The van der Waals surface area contributed by atoms with E-state index in [1.54, 1.807) is 0 Å². The van der Waals surface area contributed by atoms with Gasteiger partial charge in [0.05, 0.1) is 0 Å². The molecule has 5 nitrogen and oxygen atoms in total. The molecule has 1 amide bonds. The van der Waals surface area contributed by atoms with Crippen LogP contribution in [-0.4, -0.2) is 15.6 Å². The number of carbonyl (C=O) groups is 1. The first-order valence-corrected chi connectivity index (χ1v) is 7.58. The van der Waals surface area contributed by atoms with Crippen LogP contribution >= 0.6 is 12.2 Å². The number of hydrazine groups is 1. The van der Waals surface area contributed by atoms with Gasteiger partial charge in [0, 0.05) is 17.4 Å². The van der Waals surface area contributed by atoms with Crippen molar-refractivity contribution >= 4 is 39.8 Å². The number of nitrogens with one attached hydrogen (secondary N) is 3. The predicted octanol–water partition coefficient (Wildman–Crippen LogP) is 2.66. The Labute approximate surface area is 139 Å². The molecule has 3 rings (SSSR count). The number of nitrogens with zero attached hydrogens (tertiary/aromatic N) is 1. The minimum atomic E-state index is -0.177. The van der Waals surface area contributed by atoms with Gasteiger partial charge in [0.15, 0.2) is 5.11 Å². The SMILES string of the molecule is O=C(Cn1ccc2ccccc21)NNC(=S)Nc1ccccc1. The number of fused-ring (bicyclic) bond motifs is 1. The standard InChI is InChI=1S/C17H16N4OS/c22-16(12-21-11-10-13-6-4-5-9-15(13)21)19-20-17(23)18-14-7-2-1-3-8-14/h1-11H,12H2,(H,19,22)(H2,18,20,23). The van der Waals surface area contributed by atoms with E-state index in [2.05, 4.69) is 16.2 Å². The lowest BCUT2D eigenvalue weighted by Crippen LogP contribution is -2.45. The van der Waals surface area contributed by atoms with Crippen LogP contribution < -0.4 is 16.2 Å². The topological polar surface area (TPSA) is 58.1 Å². The van der Waals surface area contributed by atoms with E-state index in [0.717, 1.165) is 16.6 Å². The number of hydrogen-bond acceptors (Lipinski definition) is 2. The molecule has 6 heteroatoms. The molecule has 3 N–H and O–H groups in total. The number of benzene rings is 2. The first-order valence-electron chi connectivity index (χ1n) is 7.17. The van der Waals surface area contributed by atoms with Crippen LogP contribution in [0.15, 0.2) is 66.9 Å². The maximum absolute atomic E-state index is 12.0. The van der Waals surface area contributed by atoms with Gasteiger partial charge in [0.1, 0.15) is 6.54 Å². The highest BCUT2D eigenvalue weighted by Crippen LogP contribution is 2.14. The zero-order valence-electron chi connectivity index (χ0n) is 12.3. The summed E-state index contributed by atoms with van der Waals surface area (Å²) in [6.45, 7) is 0.217. The second kappa shape index (κ2) is 6.93. The fourth-order valence-electron chi connectivity index (χ4n) is 2.28. The van der Waals surface area contributed by atoms with Crippen molar-refractivity contribution < 1.29 is 4.79 Å². The monoisotopic (exact) mass is 324 g/mol. The molecule has 0 spiro atoms. The first kappa shape index (κ1) is 15.1.